The molecule has 5 nitrogen and oxygen atoms in total. The highest BCUT2D eigenvalue weighted by molar-refractivity contribution is 7.89. The normalized spacial score (nSPS) is 13.2. The monoisotopic (exact) mass is 287 g/mol. The van der Waals surface area contributed by atoms with Crippen molar-refractivity contribution in [3.05, 3.63) is 29.8 Å². The van der Waals surface area contributed by atoms with Crippen molar-refractivity contribution in [3.8, 4) is 5.75 Å². The van der Waals surface area contributed by atoms with Gasteiger partial charge < -0.3 is 9.47 Å². The third-order valence-electron chi connectivity index (χ3n) is 2.57. The Kier molecular flexibility index (Phi) is 6.27. The van der Waals surface area contributed by atoms with Crippen LogP contribution in [-0.4, -0.2) is 34.5 Å². The summed E-state index contributed by atoms with van der Waals surface area (Å²) in [6.07, 6.45) is 0.860. The number of hydrogen-bond acceptors (Lipinski definition) is 4. The van der Waals surface area contributed by atoms with E-state index in [0.29, 0.717) is 13.2 Å². The molecule has 2 N–H and O–H groups in total. The van der Waals surface area contributed by atoms with Crippen molar-refractivity contribution in [3.63, 3.8) is 0 Å². The molecule has 0 aliphatic carbocycles. The minimum atomic E-state index is -3.44. The molecule has 0 aromatic heterocycles. The average molecular weight is 287 g/mol. The van der Waals surface area contributed by atoms with Crippen LogP contribution in [-0.2, 0) is 21.2 Å². The van der Waals surface area contributed by atoms with Gasteiger partial charge in [-0.3, -0.25) is 0 Å². The van der Waals surface area contributed by atoms with E-state index < -0.39 is 10.0 Å². The lowest BCUT2D eigenvalue weighted by Gasteiger charge is -2.12. The summed E-state index contributed by atoms with van der Waals surface area (Å²) in [5.41, 5.74) is 1.17. The van der Waals surface area contributed by atoms with Crippen LogP contribution in [0.3, 0.4) is 0 Å². The van der Waals surface area contributed by atoms with Gasteiger partial charge in [0.2, 0.25) is 10.0 Å². The number of hydrogen-bond donors (Lipinski definition) is 1. The molecule has 1 aromatic rings. The predicted octanol–water partition coefficient (Wildman–Crippen LogP) is 1.18. The molecule has 19 heavy (non-hydrogen) atoms. The number of sulfonamides is 1. The average Bonchev–Trinajstić information content (AvgIpc) is 2.33. The summed E-state index contributed by atoms with van der Waals surface area (Å²) in [4.78, 5) is 0. The largest absolute Gasteiger partial charge is 0.493 e. The second-order valence-corrected chi connectivity index (χ2v) is 6.29. The number of methoxy groups -OCH3 is 1. The van der Waals surface area contributed by atoms with E-state index in [1.54, 1.807) is 14.0 Å². The molecule has 0 heterocycles. The Labute approximate surface area is 114 Å². The maximum atomic E-state index is 10.9. The Bertz CT molecular complexity index is 470. The van der Waals surface area contributed by atoms with Crippen LogP contribution in [0.15, 0.2) is 24.3 Å². The molecule has 6 heteroatoms. The highest BCUT2D eigenvalue weighted by atomic mass is 32.2. The molecule has 0 aliphatic heterocycles. The highest BCUT2D eigenvalue weighted by Gasteiger charge is 2.11. The zero-order chi connectivity index (χ0) is 14.3. The van der Waals surface area contributed by atoms with Crippen molar-refractivity contribution in [2.45, 2.75) is 13.3 Å². The van der Waals surface area contributed by atoms with E-state index in [1.807, 2.05) is 24.3 Å². The molecule has 0 saturated carbocycles. The van der Waals surface area contributed by atoms with E-state index in [-0.39, 0.29) is 11.7 Å². The maximum Gasteiger partial charge on any atom is 0.209 e. The zero-order valence-corrected chi connectivity index (χ0v) is 12.2. The minimum absolute atomic E-state index is 0.0705. The Morgan fingerprint density at radius 2 is 1.89 bits per heavy atom. The SMILES string of the molecule is COCCc1ccc(OCC(C)CS(N)(=O)=O)cc1. The van der Waals surface area contributed by atoms with Crippen molar-refractivity contribution in [1.82, 2.24) is 0 Å². The molecule has 1 atom stereocenters. The first kappa shape index (κ1) is 15.9. The van der Waals surface area contributed by atoms with Crippen LogP contribution in [0.25, 0.3) is 0 Å². The van der Waals surface area contributed by atoms with Gasteiger partial charge in [-0.05, 0) is 24.1 Å². The van der Waals surface area contributed by atoms with Crippen molar-refractivity contribution in [2.24, 2.45) is 11.1 Å². The van der Waals surface area contributed by atoms with Crippen molar-refractivity contribution in [2.75, 3.05) is 26.1 Å². The summed E-state index contributed by atoms with van der Waals surface area (Å²) in [7, 11) is -1.77. The Hall–Kier alpha value is -1.11. The number of ether oxygens (including phenoxy) is 2. The molecule has 1 unspecified atom stereocenters. The quantitative estimate of drug-likeness (QED) is 0.778. The molecule has 0 saturated heterocycles. The smallest absolute Gasteiger partial charge is 0.209 e. The Morgan fingerprint density at radius 3 is 2.42 bits per heavy atom. The third kappa shape index (κ3) is 7.15. The predicted molar refractivity (Wildman–Crippen MR) is 74.7 cm³/mol. The number of primary sulfonamides is 1. The molecule has 1 aromatic carbocycles. The van der Waals surface area contributed by atoms with Gasteiger partial charge in [0.05, 0.1) is 19.0 Å². The summed E-state index contributed by atoms with van der Waals surface area (Å²) in [5, 5.41) is 4.98. The van der Waals surface area contributed by atoms with Crippen molar-refractivity contribution >= 4 is 10.0 Å². The topological polar surface area (TPSA) is 78.6 Å². The molecule has 0 radical (unpaired) electrons. The van der Waals surface area contributed by atoms with E-state index in [1.165, 1.54) is 5.56 Å². The molecule has 1 rings (SSSR count). The first-order chi connectivity index (χ1) is 8.90. The van der Waals surface area contributed by atoms with Crippen molar-refractivity contribution < 1.29 is 17.9 Å². The Balaban J connectivity index is 2.41. The first-order valence-corrected chi connectivity index (χ1v) is 7.83. The summed E-state index contributed by atoms with van der Waals surface area (Å²) in [5.74, 6) is 0.518. The van der Waals surface area contributed by atoms with Gasteiger partial charge in [0.1, 0.15) is 5.75 Å². The molecule has 0 fully saturated rings. The third-order valence-corrected chi connectivity index (χ3v) is 3.60. The first-order valence-electron chi connectivity index (χ1n) is 6.12. The van der Waals surface area contributed by atoms with Crippen LogP contribution < -0.4 is 9.88 Å². The summed E-state index contributed by atoms with van der Waals surface area (Å²) < 4.78 is 32.3. The number of rotatable bonds is 8. The number of benzene rings is 1. The molecule has 0 amide bonds. The maximum absolute atomic E-state index is 10.9. The Morgan fingerprint density at radius 1 is 1.26 bits per heavy atom. The van der Waals surface area contributed by atoms with E-state index >= 15 is 0 Å². The van der Waals surface area contributed by atoms with Gasteiger partial charge in [0, 0.05) is 13.0 Å². The molecule has 108 valence electrons. The molecular formula is C13H21NO4S. The lowest BCUT2D eigenvalue weighted by Crippen LogP contribution is -2.25. The van der Waals surface area contributed by atoms with E-state index in [9.17, 15) is 8.42 Å². The van der Waals surface area contributed by atoms with Gasteiger partial charge in [-0.2, -0.15) is 0 Å². The zero-order valence-electron chi connectivity index (χ0n) is 11.3. The molecule has 0 bridgehead atoms. The number of nitrogens with two attached hydrogens (primary N) is 1. The van der Waals surface area contributed by atoms with E-state index in [4.69, 9.17) is 14.6 Å². The van der Waals surface area contributed by atoms with Crippen LogP contribution in [0, 0.1) is 5.92 Å². The molecular weight excluding hydrogens is 266 g/mol. The summed E-state index contributed by atoms with van der Waals surface area (Å²) >= 11 is 0. The van der Waals surface area contributed by atoms with Gasteiger partial charge in [0.15, 0.2) is 0 Å². The lowest BCUT2D eigenvalue weighted by atomic mass is 10.1. The van der Waals surface area contributed by atoms with Gasteiger partial charge in [0.25, 0.3) is 0 Å². The second kappa shape index (κ2) is 7.47. The summed E-state index contributed by atoms with van der Waals surface area (Å²) in [6.45, 7) is 2.80. The van der Waals surface area contributed by atoms with Crippen LogP contribution in [0.2, 0.25) is 0 Å². The van der Waals surface area contributed by atoms with Crippen LogP contribution in [0.5, 0.6) is 5.75 Å². The lowest BCUT2D eigenvalue weighted by molar-refractivity contribution is 0.202. The van der Waals surface area contributed by atoms with Crippen LogP contribution >= 0.6 is 0 Å². The highest BCUT2D eigenvalue weighted by Crippen LogP contribution is 2.14. The van der Waals surface area contributed by atoms with Gasteiger partial charge in [-0.1, -0.05) is 19.1 Å². The van der Waals surface area contributed by atoms with Crippen molar-refractivity contribution in [1.29, 1.82) is 0 Å². The van der Waals surface area contributed by atoms with E-state index in [2.05, 4.69) is 0 Å². The second-order valence-electron chi connectivity index (χ2n) is 4.63. The van der Waals surface area contributed by atoms with Gasteiger partial charge >= 0.3 is 0 Å². The fourth-order valence-electron chi connectivity index (χ4n) is 1.66. The van der Waals surface area contributed by atoms with E-state index in [0.717, 1.165) is 12.2 Å². The molecule has 0 spiro atoms. The standard InChI is InChI=1S/C13H21NO4S/c1-11(10-19(14,15)16)9-18-13-5-3-12(4-6-13)7-8-17-2/h3-6,11H,7-10H2,1-2H3,(H2,14,15,16). The molecule has 0 aliphatic rings. The van der Waals surface area contributed by atoms with Gasteiger partial charge in [-0.25, -0.2) is 13.6 Å². The summed E-state index contributed by atoms with van der Waals surface area (Å²) in [6, 6.07) is 7.68. The fraction of sp³-hybridized carbons (Fsp3) is 0.538. The fourth-order valence-corrected chi connectivity index (χ4v) is 2.54. The van der Waals surface area contributed by atoms with Crippen LogP contribution in [0.1, 0.15) is 12.5 Å². The van der Waals surface area contributed by atoms with Gasteiger partial charge in [-0.15, -0.1) is 0 Å². The minimum Gasteiger partial charge on any atom is -0.493 e. The van der Waals surface area contributed by atoms with Crippen LogP contribution in [0.4, 0.5) is 0 Å².